The lowest BCUT2D eigenvalue weighted by Crippen LogP contribution is -2.39. The van der Waals surface area contributed by atoms with Crippen molar-refractivity contribution in [1.82, 2.24) is 0 Å². The highest BCUT2D eigenvalue weighted by molar-refractivity contribution is 4.97. The molecule has 0 aliphatic heterocycles. The third kappa shape index (κ3) is 3.01. The molecule has 22 heavy (non-hydrogen) atoms. The second-order valence-corrected chi connectivity index (χ2v) is 10.1. The average Bonchev–Trinajstić information content (AvgIpc) is 3.09. The molecule has 0 N–H and O–H groups in total. The maximum Gasteiger partial charge on any atom is -0.0297 e. The van der Waals surface area contributed by atoms with E-state index in [1.54, 1.807) is 77.0 Å². The maximum atomic E-state index is 2.47. The van der Waals surface area contributed by atoms with Crippen LogP contribution in [0.15, 0.2) is 0 Å². The molecule has 0 bridgehead atoms. The Morgan fingerprint density at radius 1 is 0.500 bits per heavy atom. The lowest BCUT2D eigenvalue weighted by molar-refractivity contribution is 0.000591. The van der Waals surface area contributed by atoms with Crippen LogP contribution in [0, 0.1) is 28.6 Å². The standard InChI is InChI=1S/C22H38/c1-18-6-10-21(11-7-18)14-16-22(17-15-21)12-8-20(9-13-22)19-4-2-3-5-19/h18-20H,2-17H2,1H3. The van der Waals surface area contributed by atoms with Crippen molar-refractivity contribution < 1.29 is 0 Å². The van der Waals surface area contributed by atoms with E-state index in [1.165, 1.54) is 25.7 Å². The Morgan fingerprint density at radius 2 is 0.909 bits per heavy atom. The quantitative estimate of drug-likeness (QED) is 0.483. The van der Waals surface area contributed by atoms with Crippen molar-refractivity contribution in [2.24, 2.45) is 28.6 Å². The fraction of sp³-hybridized carbons (Fsp3) is 1.00. The van der Waals surface area contributed by atoms with Gasteiger partial charge in [0.25, 0.3) is 0 Å². The van der Waals surface area contributed by atoms with Crippen LogP contribution in [0.1, 0.15) is 110 Å². The Morgan fingerprint density at radius 3 is 1.41 bits per heavy atom. The molecule has 0 radical (unpaired) electrons. The van der Waals surface area contributed by atoms with Crippen LogP contribution in [0.2, 0.25) is 0 Å². The second-order valence-electron chi connectivity index (χ2n) is 10.1. The van der Waals surface area contributed by atoms with E-state index in [2.05, 4.69) is 6.92 Å². The van der Waals surface area contributed by atoms with Gasteiger partial charge in [-0.2, -0.15) is 0 Å². The van der Waals surface area contributed by atoms with Gasteiger partial charge in [-0.25, -0.2) is 0 Å². The first-order valence-corrected chi connectivity index (χ1v) is 10.7. The van der Waals surface area contributed by atoms with E-state index in [9.17, 15) is 0 Å². The number of rotatable bonds is 1. The van der Waals surface area contributed by atoms with Crippen molar-refractivity contribution >= 4 is 0 Å². The summed E-state index contributed by atoms with van der Waals surface area (Å²) in [5, 5.41) is 0. The van der Waals surface area contributed by atoms with Gasteiger partial charge in [-0.05, 0) is 92.8 Å². The van der Waals surface area contributed by atoms with Crippen LogP contribution in [0.4, 0.5) is 0 Å². The average molecular weight is 303 g/mol. The minimum atomic E-state index is 0.806. The fourth-order valence-corrected chi connectivity index (χ4v) is 6.84. The Kier molecular flexibility index (Phi) is 4.33. The van der Waals surface area contributed by atoms with Crippen molar-refractivity contribution in [3.63, 3.8) is 0 Å². The molecule has 0 unspecified atom stereocenters. The highest BCUT2D eigenvalue weighted by Gasteiger charge is 2.45. The van der Waals surface area contributed by atoms with Gasteiger partial charge in [0.05, 0.1) is 0 Å². The lowest BCUT2D eigenvalue weighted by Gasteiger charge is -2.52. The molecular formula is C22H38. The van der Waals surface area contributed by atoms with Gasteiger partial charge in [-0.1, -0.05) is 45.4 Å². The fourth-order valence-electron chi connectivity index (χ4n) is 6.84. The van der Waals surface area contributed by atoms with E-state index < -0.39 is 0 Å². The smallest absolute Gasteiger partial charge is 0.0297 e. The Labute approximate surface area is 138 Å². The zero-order valence-corrected chi connectivity index (χ0v) is 15.0. The second kappa shape index (κ2) is 6.14. The van der Waals surface area contributed by atoms with Gasteiger partial charge >= 0.3 is 0 Å². The third-order valence-corrected chi connectivity index (χ3v) is 8.86. The highest BCUT2D eigenvalue weighted by Crippen LogP contribution is 2.58. The normalized spacial score (nSPS) is 47.3. The molecule has 126 valence electrons. The van der Waals surface area contributed by atoms with Crippen molar-refractivity contribution in [2.75, 3.05) is 0 Å². The van der Waals surface area contributed by atoms with Gasteiger partial charge in [0, 0.05) is 0 Å². The number of hydrogen-bond acceptors (Lipinski definition) is 0. The predicted molar refractivity (Wildman–Crippen MR) is 94.9 cm³/mol. The maximum absolute atomic E-state index is 2.47. The minimum Gasteiger partial charge on any atom is -0.0625 e. The van der Waals surface area contributed by atoms with Gasteiger partial charge < -0.3 is 0 Å². The van der Waals surface area contributed by atoms with Crippen molar-refractivity contribution in [2.45, 2.75) is 110 Å². The summed E-state index contributed by atoms with van der Waals surface area (Å²) in [6.07, 6.45) is 25.1. The Bertz CT molecular complexity index is 347. The monoisotopic (exact) mass is 302 g/mol. The minimum absolute atomic E-state index is 0.806. The molecule has 4 fully saturated rings. The Hall–Kier alpha value is 0. The first kappa shape index (κ1) is 15.5. The first-order valence-electron chi connectivity index (χ1n) is 10.7. The van der Waals surface area contributed by atoms with Crippen molar-refractivity contribution in [3.8, 4) is 0 Å². The molecular weight excluding hydrogens is 264 g/mol. The van der Waals surface area contributed by atoms with E-state index in [-0.39, 0.29) is 0 Å². The van der Waals surface area contributed by atoms with E-state index in [4.69, 9.17) is 0 Å². The molecule has 0 amide bonds. The molecule has 0 heterocycles. The van der Waals surface area contributed by atoms with Crippen LogP contribution >= 0.6 is 0 Å². The van der Waals surface area contributed by atoms with Crippen molar-refractivity contribution in [3.05, 3.63) is 0 Å². The molecule has 4 rings (SSSR count). The SMILES string of the molecule is CC1CCC2(CC1)CCC1(CCC(C3CCCC3)CC1)CC2. The summed E-state index contributed by atoms with van der Waals surface area (Å²) in [4.78, 5) is 0. The summed E-state index contributed by atoms with van der Waals surface area (Å²) in [5.41, 5.74) is 1.61. The van der Waals surface area contributed by atoms with Crippen LogP contribution in [0.5, 0.6) is 0 Å². The van der Waals surface area contributed by atoms with Crippen LogP contribution < -0.4 is 0 Å². The topological polar surface area (TPSA) is 0 Å². The van der Waals surface area contributed by atoms with E-state index in [0.717, 1.165) is 28.6 Å². The lowest BCUT2D eigenvalue weighted by atomic mass is 9.54. The summed E-state index contributed by atoms with van der Waals surface area (Å²) >= 11 is 0. The highest BCUT2D eigenvalue weighted by atomic mass is 14.5. The van der Waals surface area contributed by atoms with Gasteiger partial charge in [0.1, 0.15) is 0 Å². The molecule has 0 heteroatoms. The molecule has 2 spiro atoms. The molecule has 0 nitrogen and oxygen atoms in total. The zero-order valence-electron chi connectivity index (χ0n) is 15.0. The van der Waals surface area contributed by atoms with Gasteiger partial charge in [-0.3, -0.25) is 0 Å². The van der Waals surface area contributed by atoms with E-state index >= 15 is 0 Å². The summed E-state index contributed by atoms with van der Waals surface area (Å²) < 4.78 is 0. The summed E-state index contributed by atoms with van der Waals surface area (Å²) in [6, 6.07) is 0. The summed E-state index contributed by atoms with van der Waals surface area (Å²) in [6.45, 7) is 2.47. The predicted octanol–water partition coefficient (Wildman–Crippen LogP) is 7.12. The largest absolute Gasteiger partial charge is 0.0625 e. The van der Waals surface area contributed by atoms with Gasteiger partial charge in [0.15, 0.2) is 0 Å². The molecule has 4 aliphatic rings. The zero-order chi connectivity index (χ0) is 15.0. The van der Waals surface area contributed by atoms with E-state index in [1.807, 2.05) is 0 Å². The van der Waals surface area contributed by atoms with Gasteiger partial charge in [0.2, 0.25) is 0 Å². The van der Waals surface area contributed by atoms with Crippen molar-refractivity contribution in [1.29, 1.82) is 0 Å². The van der Waals surface area contributed by atoms with Crippen LogP contribution in [0.3, 0.4) is 0 Å². The van der Waals surface area contributed by atoms with E-state index in [0.29, 0.717) is 0 Å². The molecule has 4 aliphatic carbocycles. The third-order valence-electron chi connectivity index (χ3n) is 8.86. The molecule has 0 aromatic rings. The molecule has 0 aromatic heterocycles. The first-order chi connectivity index (χ1) is 10.7. The van der Waals surface area contributed by atoms with Crippen LogP contribution in [0.25, 0.3) is 0 Å². The molecule has 0 saturated heterocycles. The summed E-state index contributed by atoms with van der Waals surface area (Å²) in [7, 11) is 0. The van der Waals surface area contributed by atoms with Gasteiger partial charge in [-0.15, -0.1) is 0 Å². The molecule has 0 atom stereocenters. The molecule has 0 aromatic carbocycles. The molecule has 4 saturated carbocycles. The summed E-state index contributed by atoms with van der Waals surface area (Å²) in [5.74, 6) is 3.27. The Balaban J connectivity index is 1.30. The van der Waals surface area contributed by atoms with Crippen LogP contribution in [-0.4, -0.2) is 0 Å². The number of hydrogen-bond donors (Lipinski definition) is 0. The van der Waals surface area contributed by atoms with Crippen LogP contribution in [-0.2, 0) is 0 Å².